The summed E-state index contributed by atoms with van der Waals surface area (Å²) in [7, 11) is 3.01. The van der Waals surface area contributed by atoms with Gasteiger partial charge < -0.3 is 29.6 Å². The SMILES string of the molecule is C=C1NC(=O)N[C@H](c2cccc(OC)c2OC)[C@@H]1C(=O)OCCOCC. The lowest BCUT2D eigenvalue weighted by Crippen LogP contribution is -2.51. The van der Waals surface area contributed by atoms with Crippen molar-refractivity contribution in [2.75, 3.05) is 34.0 Å². The number of hydrogen-bond acceptors (Lipinski definition) is 6. The number of para-hydroxylation sites is 1. The van der Waals surface area contributed by atoms with Gasteiger partial charge in [-0.2, -0.15) is 0 Å². The molecular formula is C18H24N2O6. The lowest BCUT2D eigenvalue weighted by atomic mass is 9.88. The molecule has 26 heavy (non-hydrogen) atoms. The van der Waals surface area contributed by atoms with Gasteiger partial charge in [0.05, 0.1) is 26.9 Å². The van der Waals surface area contributed by atoms with Crippen LogP contribution < -0.4 is 20.1 Å². The molecule has 1 aliphatic rings. The van der Waals surface area contributed by atoms with Crippen LogP contribution >= 0.6 is 0 Å². The predicted molar refractivity (Wildman–Crippen MR) is 94.0 cm³/mol. The van der Waals surface area contributed by atoms with E-state index in [0.29, 0.717) is 30.3 Å². The van der Waals surface area contributed by atoms with E-state index >= 15 is 0 Å². The summed E-state index contributed by atoms with van der Waals surface area (Å²) in [5.74, 6) is -0.415. The second-order valence-corrected chi connectivity index (χ2v) is 5.53. The normalized spacial score (nSPS) is 19.3. The Balaban J connectivity index is 2.32. The van der Waals surface area contributed by atoms with Crippen molar-refractivity contribution in [3.8, 4) is 11.5 Å². The Kier molecular flexibility index (Phi) is 6.85. The number of carbonyl (C=O) groups excluding carboxylic acids is 2. The van der Waals surface area contributed by atoms with Gasteiger partial charge in [-0.15, -0.1) is 0 Å². The van der Waals surface area contributed by atoms with E-state index in [4.69, 9.17) is 18.9 Å². The Morgan fingerprint density at radius 1 is 1.23 bits per heavy atom. The van der Waals surface area contributed by atoms with Crippen molar-refractivity contribution >= 4 is 12.0 Å². The van der Waals surface area contributed by atoms with E-state index in [1.54, 1.807) is 18.2 Å². The topological polar surface area (TPSA) is 95.1 Å². The summed E-state index contributed by atoms with van der Waals surface area (Å²) in [5.41, 5.74) is 0.847. The number of nitrogens with one attached hydrogen (secondary N) is 2. The minimum atomic E-state index is -0.824. The predicted octanol–water partition coefficient (Wildman–Crippen LogP) is 1.77. The molecule has 0 aliphatic carbocycles. The van der Waals surface area contributed by atoms with Gasteiger partial charge in [0, 0.05) is 17.9 Å². The summed E-state index contributed by atoms with van der Waals surface area (Å²) in [4.78, 5) is 24.6. The quantitative estimate of drug-likeness (QED) is 0.539. The molecule has 1 heterocycles. The first kappa shape index (κ1) is 19.6. The summed E-state index contributed by atoms with van der Waals surface area (Å²) < 4.78 is 21.2. The second-order valence-electron chi connectivity index (χ2n) is 5.53. The molecule has 0 spiro atoms. The van der Waals surface area contributed by atoms with Gasteiger partial charge in [-0.05, 0) is 13.0 Å². The average molecular weight is 364 g/mol. The van der Waals surface area contributed by atoms with Crippen molar-refractivity contribution in [3.05, 3.63) is 36.0 Å². The zero-order valence-electron chi connectivity index (χ0n) is 15.2. The fourth-order valence-corrected chi connectivity index (χ4v) is 2.81. The number of ether oxygens (including phenoxy) is 4. The lowest BCUT2D eigenvalue weighted by Gasteiger charge is -2.34. The Morgan fingerprint density at radius 2 is 2.00 bits per heavy atom. The third-order valence-electron chi connectivity index (χ3n) is 3.97. The van der Waals surface area contributed by atoms with Crippen molar-refractivity contribution in [2.24, 2.45) is 5.92 Å². The lowest BCUT2D eigenvalue weighted by molar-refractivity contribution is -0.150. The highest BCUT2D eigenvalue weighted by atomic mass is 16.6. The highest BCUT2D eigenvalue weighted by Crippen LogP contribution is 2.40. The minimum absolute atomic E-state index is 0.117. The maximum atomic E-state index is 12.6. The Bertz CT molecular complexity index is 676. The molecule has 1 aliphatic heterocycles. The first-order chi connectivity index (χ1) is 12.5. The number of hydrogen-bond donors (Lipinski definition) is 2. The molecule has 0 unspecified atom stereocenters. The summed E-state index contributed by atoms with van der Waals surface area (Å²) in [6.07, 6.45) is 0. The van der Waals surface area contributed by atoms with Crippen LogP contribution in [0.5, 0.6) is 11.5 Å². The number of benzene rings is 1. The highest BCUT2D eigenvalue weighted by molar-refractivity contribution is 5.85. The largest absolute Gasteiger partial charge is 0.493 e. The number of methoxy groups -OCH3 is 2. The van der Waals surface area contributed by atoms with Crippen molar-refractivity contribution in [1.82, 2.24) is 10.6 Å². The van der Waals surface area contributed by atoms with Crippen molar-refractivity contribution in [1.29, 1.82) is 0 Å². The van der Waals surface area contributed by atoms with E-state index in [9.17, 15) is 9.59 Å². The van der Waals surface area contributed by atoms with Crippen LogP contribution in [0.2, 0.25) is 0 Å². The van der Waals surface area contributed by atoms with E-state index in [1.807, 2.05) is 6.92 Å². The molecule has 2 rings (SSSR count). The summed E-state index contributed by atoms with van der Waals surface area (Å²) in [6, 6.07) is 4.08. The molecule has 8 nitrogen and oxygen atoms in total. The third-order valence-corrected chi connectivity index (χ3v) is 3.97. The molecule has 1 saturated heterocycles. The van der Waals surface area contributed by atoms with Crippen LogP contribution in [0, 0.1) is 5.92 Å². The number of urea groups is 1. The highest BCUT2D eigenvalue weighted by Gasteiger charge is 2.40. The van der Waals surface area contributed by atoms with Crippen molar-refractivity contribution in [2.45, 2.75) is 13.0 Å². The molecule has 2 amide bonds. The molecule has 0 aromatic heterocycles. The van der Waals surface area contributed by atoms with Crippen LogP contribution in [-0.2, 0) is 14.3 Å². The van der Waals surface area contributed by atoms with E-state index in [1.165, 1.54) is 14.2 Å². The van der Waals surface area contributed by atoms with Gasteiger partial charge in [-0.3, -0.25) is 4.79 Å². The Morgan fingerprint density at radius 3 is 2.65 bits per heavy atom. The van der Waals surface area contributed by atoms with Gasteiger partial charge in [0.1, 0.15) is 12.5 Å². The van der Waals surface area contributed by atoms with Crippen LogP contribution in [0.1, 0.15) is 18.5 Å². The van der Waals surface area contributed by atoms with Gasteiger partial charge in [0.2, 0.25) is 0 Å². The summed E-state index contributed by atoms with van der Waals surface area (Å²) >= 11 is 0. The molecular weight excluding hydrogens is 340 g/mol. The molecule has 2 atom stereocenters. The van der Waals surface area contributed by atoms with Crippen LogP contribution in [0.15, 0.2) is 30.5 Å². The van der Waals surface area contributed by atoms with Gasteiger partial charge in [0.15, 0.2) is 11.5 Å². The van der Waals surface area contributed by atoms with Crippen LogP contribution in [0.3, 0.4) is 0 Å². The van der Waals surface area contributed by atoms with Crippen molar-refractivity contribution in [3.63, 3.8) is 0 Å². The number of rotatable bonds is 8. The van der Waals surface area contributed by atoms with Crippen LogP contribution in [0.25, 0.3) is 0 Å². The zero-order chi connectivity index (χ0) is 19.1. The molecule has 0 radical (unpaired) electrons. The van der Waals surface area contributed by atoms with E-state index in [0.717, 1.165) is 0 Å². The van der Waals surface area contributed by atoms with Gasteiger partial charge in [-0.1, -0.05) is 18.7 Å². The molecule has 8 heteroatoms. The fourth-order valence-electron chi connectivity index (χ4n) is 2.81. The maximum absolute atomic E-state index is 12.6. The average Bonchev–Trinajstić information content (AvgIpc) is 2.63. The standard InChI is InChI=1S/C18H24N2O6/c1-5-25-9-10-26-17(21)14-11(2)19-18(22)20-15(14)12-7-6-8-13(23-3)16(12)24-4/h6-8,14-15H,2,5,9-10H2,1,3-4H3,(H2,19,20,22)/t14-,15-/m1/s1. The fraction of sp³-hybridized carbons (Fsp3) is 0.444. The van der Waals surface area contributed by atoms with Gasteiger partial charge >= 0.3 is 12.0 Å². The number of esters is 1. The molecule has 1 aromatic rings. The first-order valence-corrected chi connectivity index (χ1v) is 8.25. The molecule has 2 N–H and O–H groups in total. The monoisotopic (exact) mass is 364 g/mol. The first-order valence-electron chi connectivity index (χ1n) is 8.25. The second kappa shape index (κ2) is 9.10. The maximum Gasteiger partial charge on any atom is 0.319 e. The Labute approximate surface area is 152 Å². The summed E-state index contributed by atoms with van der Waals surface area (Å²) in [6.45, 7) is 6.62. The minimum Gasteiger partial charge on any atom is -0.493 e. The van der Waals surface area contributed by atoms with Gasteiger partial charge in [-0.25, -0.2) is 4.79 Å². The molecule has 0 bridgehead atoms. The summed E-state index contributed by atoms with van der Waals surface area (Å²) in [5, 5.41) is 5.27. The smallest absolute Gasteiger partial charge is 0.319 e. The third kappa shape index (κ3) is 4.26. The van der Waals surface area contributed by atoms with E-state index in [-0.39, 0.29) is 12.3 Å². The number of amides is 2. The van der Waals surface area contributed by atoms with E-state index < -0.39 is 24.0 Å². The van der Waals surface area contributed by atoms with Crippen molar-refractivity contribution < 1.29 is 28.5 Å². The molecule has 0 saturated carbocycles. The van der Waals surface area contributed by atoms with Crippen LogP contribution in [0.4, 0.5) is 4.79 Å². The van der Waals surface area contributed by atoms with E-state index in [2.05, 4.69) is 17.2 Å². The molecule has 1 aromatic carbocycles. The number of carbonyl (C=O) groups is 2. The molecule has 1 fully saturated rings. The zero-order valence-corrected chi connectivity index (χ0v) is 15.2. The molecule has 142 valence electrons. The Hall–Kier alpha value is -2.74. The van der Waals surface area contributed by atoms with Crippen LogP contribution in [-0.4, -0.2) is 46.0 Å². The van der Waals surface area contributed by atoms with Gasteiger partial charge in [0.25, 0.3) is 0 Å².